The molecule has 0 heterocycles. The average Bonchev–Trinajstić information content (AvgIpc) is 2.44. The second kappa shape index (κ2) is 9.43. The van der Waals surface area contributed by atoms with Gasteiger partial charge in [0.15, 0.2) is 0 Å². The summed E-state index contributed by atoms with van der Waals surface area (Å²) in [7, 11) is 0. The standard InChI is InChI=1S/C17H28N2O3/c1-5-19(10-13(2)3)11-16(21)12-22-17-8-6-15(7-9-17)18-14(4)20/h6-9,13,16,21H,5,10-12H2,1-4H3,(H,18,20). The SMILES string of the molecule is CCN(CC(C)C)CC(O)COc1ccc(NC(C)=O)cc1. The van der Waals surface area contributed by atoms with Crippen LogP contribution in [0.25, 0.3) is 0 Å². The number of hydrogen-bond donors (Lipinski definition) is 2. The lowest BCUT2D eigenvalue weighted by Gasteiger charge is -2.25. The minimum atomic E-state index is -0.520. The monoisotopic (exact) mass is 308 g/mol. The Hall–Kier alpha value is -1.59. The highest BCUT2D eigenvalue weighted by Crippen LogP contribution is 2.16. The largest absolute Gasteiger partial charge is 0.491 e. The fraction of sp³-hybridized carbons (Fsp3) is 0.588. The van der Waals surface area contributed by atoms with E-state index in [1.165, 1.54) is 6.92 Å². The summed E-state index contributed by atoms with van der Waals surface area (Å²) < 4.78 is 5.59. The lowest BCUT2D eigenvalue weighted by molar-refractivity contribution is -0.114. The summed E-state index contributed by atoms with van der Waals surface area (Å²) in [6.45, 7) is 10.7. The molecule has 0 saturated carbocycles. The molecule has 1 unspecified atom stereocenters. The summed E-state index contributed by atoms with van der Waals surface area (Å²) in [5, 5.41) is 12.8. The van der Waals surface area contributed by atoms with Crippen LogP contribution in [0.2, 0.25) is 0 Å². The Morgan fingerprint density at radius 2 is 1.91 bits per heavy atom. The number of nitrogens with zero attached hydrogens (tertiary/aromatic N) is 1. The summed E-state index contributed by atoms with van der Waals surface area (Å²) in [5.41, 5.74) is 0.731. The Morgan fingerprint density at radius 1 is 1.27 bits per heavy atom. The molecule has 0 aliphatic carbocycles. The van der Waals surface area contributed by atoms with Crippen LogP contribution >= 0.6 is 0 Å². The Kier molecular flexibility index (Phi) is 7.91. The average molecular weight is 308 g/mol. The Morgan fingerprint density at radius 3 is 2.41 bits per heavy atom. The van der Waals surface area contributed by atoms with Crippen LogP contribution in [0.4, 0.5) is 5.69 Å². The highest BCUT2D eigenvalue weighted by Gasteiger charge is 2.12. The number of aliphatic hydroxyl groups is 1. The minimum absolute atomic E-state index is 0.103. The molecule has 0 bridgehead atoms. The van der Waals surface area contributed by atoms with Gasteiger partial charge >= 0.3 is 0 Å². The Bertz CT molecular complexity index is 446. The van der Waals surface area contributed by atoms with Gasteiger partial charge in [-0.05, 0) is 36.7 Å². The zero-order valence-electron chi connectivity index (χ0n) is 14.0. The van der Waals surface area contributed by atoms with Crippen molar-refractivity contribution in [2.24, 2.45) is 5.92 Å². The molecule has 0 fully saturated rings. The van der Waals surface area contributed by atoms with Gasteiger partial charge in [0.1, 0.15) is 18.5 Å². The van der Waals surface area contributed by atoms with Gasteiger partial charge in [0.25, 0.3) is 0 Å². The van der Waals surface area contributed by atoms with Crippen LogP contribution in [0.15, 0.2) is 24.3 Å². The van der Waals surface area contributed by atoms with Crippen molar-refractivity contribution in [3.8, 4) is 5.75 Å². The molecule has 2 N–H and O–H groups in total. The summed E-state index contributed by atoms with van der Waals surface area (Å²) in [5.74, 6) is 1.16. The summed E-state index contributed by atoms with van der Waals surface area (Å²) in [4.78, 5) is 13.2. The van der Waals surface area contributed by atoms with Gasteiger partial charge in [-0.15, -0.1) is 0 Å². The lowest BCUT2D eigenvalue weighted by atomic mass is 10.2. The van der Waals surface area contributed by atoms with Gasteiger partial charge in [0, 0.05) is 25.7 Å². The van der Waals surface area contributed by atoms with Crippen LogP contribution in [-0.4, -0.2) is 48.3 Å². The smallest absolute Gasteiger partial charge is 0.221 e. The molecule has 1 rings (SSSR count). The number of rotatable bonds is 9. The van der Waals surface area contributed by atoms with Gasteiger partial charge in [-0.1, -0.05) is 20.8 Å². The number of hydrogen-bond acceptors (Lipinski definition) is 4. The topological polar surface area (TPSA) is 61.8 Å². The number of ether oxygens (including phenoxy) is 1. The third-order valence-electron chi connectivity index (χ3n) is 3.16. The normalized spacial score (nSPS) is 12.5. The number of carbonyl (C=O) groups excluding carboxylic acids is 1. The van der Waals surface area contributed by atoms with Gasteiger partial charge < -0.3 is 20.1 Å². The number of carbonyl (C=O) groups is 1. The van der Waals surface area contributed by atoms with Crippen molar-refractivity contribution in [1.29, 1.82) is 0 Å². The van der Waals surface area contributed by atoms with Crippen LogP contribution in [0.3, 0.4) is 0 Å². The summed E-state index contributed by atoms with van der Waals surface area (Å²) >= 11 is 0. The maximum absolute atomic E-state index is 10.9. The van der Waals surface area contributed by atoms with E-state index in [2.05, 4.69) is 31.0 Å². The third kappa shape index (κ3) is 7.43. The first-order chi connectivity index (χ1) is 10.4. The minimum Gasteiger partial charge on any atom is -0.491 e. The quantitative estimate of drug-likeness (QED) is 0.735. The highest BCUT2D eigenvalue weighted by atomic mass is 16.5. The van der Waals surface area contributed by atoms with Crippen molar-refractivity contribution in [2.45, 2.75) is 33.8 Å². The zero-order chi connectivity index (χ0) is 16.5. The molecule has 124 valence electrons. The molecular formula is C17H28N2O3. The van der Waals surface area contributed by atoms with Crippen molar-refractivity contribution in [1.82, 2.24) is 4.90 Å². The predicted molar refractivity (Wildman–Crippen MR) is 89.2 cm³/mol. The number of nitrogens with one attached hydrogen (secondary N) is 1. The maximum Gasteiger partial charge on any atom is 0.221 e. The Labute approximate surface area is 133 Å². The van der Waals surface area contributed by atoms with Crippen molar-refractivity contribution < 1.29 is 14.6 Å². The van der Waals surface area contributed by atoms with Crippen LogP contribution in [0.1, 0.15) is 27.7 Å². The van der Waals surface area contributed by atoms with Crippen LogP contribution in [0, 0.1) is 5.92 Å². The Balaban J connectivity index is 2.39. The summed E-state index contributed by atoms with van der Waals surface area (Å²) in [6, 6.07) is 7.12. The molecule has 5 nitrogen and oxygen atoms in total. The van der Waals surface area contributed by atoms with Gasteiger partial charge in [-0.25, -0.2) is 0 Å². The van der Waals surface area contributed by atoms with E-state index in [1.54, 1.807) is 24.3 Å². The molecule has 0 radical (unpaired) electrons. The molecule has 1 aromatic carbocycles. The summed E-state index contributed by atoms with van der Waals surface area (Å²) in [6.07, 6.45) is -0.520. The van der Waals surface area contributed by atoms with E-state index >= 15 is 0 Å². The number of anilines is 1. The van der Waals surface area contributed by atoms with E-state index in [1.807, 2.05) is 0 Å². The van der Waals surface area contributed by atoms with Gasteiger partial charge in [0.2, 0.25) is 5.91 Å². The van der Waals surface area contributed by atoms with E-state index in [0.29, 0.717) is 18.2 Å². The third-order valence-corrected chi connectivity index (χ3v) is 3.16. The first-order valence-corrected chi connectivity index (χ1v) is 7.81. The maximum atomic E-state index is 10.9. The highest BCUT2D eigenvalue weighted by molar-refractivity contribution is 5.88. The second-order valence-corrected chi connectivity index (χ2v) is 5.92. The molecule has 0 aromatic heterocycles. The predicted octanol–water partition coefficient (Wildman–Crippen LogP) is 2.36. The first kappa shape index (κ1) is 18.5. The zero-order valence-corrected chi connectivity index (χ0v) is 14.0. The van der Waals surface area contributed by atoms with Gasteiger partial charge in [-0.3, -0.25) is 4.79 Å². The molecule has 1 amide bonds. The first-order valence-electron chi connectivity index (χ1n) is 7.81. The van der Waals surface area contributed by atoms with E-state index in [4.69, 9.17) is 4.74 Å². The fourth-order valence-electron chi connectivity index (χ4n) is 2.23. The van der Waals surface area contributed by atoms with Crippen LogP contribution < -0.4 is 10.1 Å². The number of amides is 1. The molecule has 0 spiro atoms. The molecule has 5 heteroatoms. The number of likely N-dealkylation sites (N-methyl/N-ethyl adjacent to an activating group) is 1. The number of benzene rings is 1. The molecule has 1 atom stereocenters. The number of aliphatic hydroxyl groups excluding tert-OH is 1. The van der Waals surface area contributed by atoms with Gasteiger partial charge in [-0.2, -0.15) is 0 Å². The lowest BCUT2D eigenvalue weighted by Crippen LogP contribution is -2.37. The molecular weight excluding hydrogens is 280 g/mol. The fourth-order valence-corrected chi connectivity index (χ4v) is 2.23. The molecule has 22 heavy (non-hydrogen) atoms. The van der Waals surface area contributed by atoms with Crippen LogP contribution in [-0.2, 0) is 4.79 Å². The molecule has 0 aliphatic rings. The van der Waals surface area contributed by atoms with Crippen molar-refractivity contribution in [3.05, 3.63) is 24.3 Å². The molecule has 0 aliphatic heterocycles. The molecule has 1 aromatic rings. The molecule has 0 saturated heterocycles. The van der Waals surface area contributed by atoms with Crippen molar-refractivity contribution >= 4 is 11.6 Å². The van der Waals surface area contributed by atoms with E-state index in [0.717, 1.165) is 18.8 Å². The second-order valence-electron chi connectivity index (χ2n) is 5.92. The van der Waals surface area contributed by atoms with E-state index in [-0.39, 0.29) is 12.5 Å². The van der Waals surface area contributed by atoms with Crippen LogP contribution in [0.5, 0.6) is 5.75 Å². The van der Waals surface area contributed by atoms with E-state index < -0.39 is 6.10 Å². The van der Waals surface area contributed by atoms with Gasteiger partial charge in [0.05, 0.1) is 0 Å². The van der Waals surface area contributed by atoms with Crippen molar-refractivity contribution in [3.63, 3.8) is 0 Å². The van der Waals surface area contributed by atoms with Crippen molar-refractivity contribution in [2.75, 3.05) is 31.6 Å². The van der Waals surface area contributed by atoms with E-state index in [9.17, 15) is 9.90 Å².